The molecule has 1 amide bonds. The van der Waals surface area contributed by atoms with E-state index in [0.717, 1.165) is 16.8 Å². The van der Waals surface area contributed by atoms with E-state index in [9.17, 15) is 9.59 Å². The number of hydrogen-bond acceptors (Lipinski definition) is 4. The number of amides is 1. The third-order valence-corrected chi connectivity index (χ3v) is 5.38. The Morgan fingerprint density at radius 3 is 2.34 bits per heavy atom. The molecule has 6 nitrogen and oxygen atoms in total. The summed E-state index contributed by atoms with van der Waals surface area (Å²) in [5.41, 5.74) is 4.05. The predicted octanol–water partition coefficient (Wildman–Crippen LogP) is 4.34. The molecule has 0 saturated heterocycles. The number of H-pyrrole nitrogens is 1. The van der Waals surface area contributed by atoms with Crippen molar-refractivity contribution in [2.45, 2.75) is 32.7 Å². The summed E-state index contributed by atoms with van der Waals surface area (Å²) in [6.45, 7) is 6.55. The number of pyridine rings is 1. The van der Waals surface area contributed by atoms with Crippen LogP contribution < -0.4 is 20.5 Å². The lowest BCUT2D eigenvalue weighted by Crippen LogP contribution is -2.25. The first-order valence-electron chi connectivity index (χ1n) is 10.6. The lowest BCUT2D eigenvalue weighted by molar-refractivity contribution is 0.0947. The van der Waals surface area contributed by atoms with E-state index in [0.29, 0.717) is 29.0 Å². The van der Waals surface area contributed by atoms with Gasteiger partial charge in [-0.25, -0.2) is 0 Å². The van der Waals surface area contributed by atoms with Crippen LogP contribution in [-0.2, 0) is 12.0 Å². The number of aromatic nitrogens is 1. The number of hydrogen-bond donors (Lipinski definition) is 2. The molecule has 0 radical (unpaired) electrons. The van der Waals surface area contributed by atoms with Crippen LogP contribution in [0.1, 0.15) is 42.3 Å². The van der Waals surface area contributed by atoms with Gasteiger partial charge in [0.05, 0.1) is 12.7 Å². The first kappa shape index (κ1) is 23.1. The Morgan fingerprint density at radius 2 is 1.78 bits per heavy atom. The molecule has 0 fully saturated rings. The van der Waals surface area contributed by atoms with Gasteiger partial charge in [0.1, 0.15) is 5.75 Å². The third-order valence-electron chi connectivity index (χ3n) is 5.38. The smallest absolute Gasteiger partial charge is 0.255 e. The SMILES string of the molecule is COc1c(C(=O)NCc2ccc(N(C)C)cc2)cc(-c2ccc[nH]c2=O)cc1C(C)(C)C. The van der Waals surface area contributed by atoms with Gasteiger partial charge in [0.2, 0.25) is 0 Å². The number of rotatable bonds is 6. The number of ether oxygens (including phenoxy) is 1. The number of benzene rings is 2. The molecule has 3 aromatic rings. The molecule has 0 saturated carbocycles. The first-order chi connectivity index (χ1) is 15.1. The quantitative estimate of drug-likeness (QED) is 0.606. The summed E-state index contributed by atoms with van der Waals surface area (Å²) in [7, 11) is 5.54. The largest absolute Gasteiger partial charge is 0.496 e. The van der Waals surface area contributed by atoms with Crippen molar-refractivity contribution < 1.29 is 9.53 Å². The van der Waals surface area contributed by atoms with Gasteiger partial charge in [-0.15, -0.1) is 0 Å². The van der Waals surface area contributed by atoms with Crippen molar-refractivity contribution in [2.24, 2.45) is 0 Å². The highest BCUT2D eigenvalue weighted by Crippen LogP contribution is 2.37. The molecule has 168 valence electrons. The summed E-state index contributed by atoms with van der Waals surface area (Å²) in [5, 5.41) is 2.99. The van der Waals surface area contributed by atoms with Gasteiger partial charge in [-0.2, -0.15) is 0 Å². The number of aromatic amines is 1. The van der Waals surface area contributed by atoms with E-state index in [-0.39, 0.29) is 16.9 Å². The number of nitrogens with one attached hydrogen (secondary N) is 2. The number of carbonyl (C=O) groups is 1. The van der Waals surface area contributed by atoms with Crippen molar-refractivity contribution in [2.75, 3.05) is 26.1 Å². The van der Waals surface area contributed by atoms with Crippen LogP contribution in [0, 0.1) is 0 Å². The van der Waals surface area contributed by atoms with Gasteiger partial charge in [0.15, 0.2) is 0 Å². The summed E-state index contributed by atoms with van der Waals surface area (Å²) in [6, 6.07) is 15.2. The zero-order valence-corrected chi connectivity index (χ0v) is 19.6. The molecule has 0 atom stereocenters. The Bertz CT molecular complexity index is 1160. The predicted molar refractivity (Wildman–Crippen MR) is 130 cm³/mol. The van der Waals surface area contributed by atoms with E-state index < -0.39 is 0 Å². The Balaban J connectivity index is 1.99. The second kappa shape index (κ2) is 9.30. The minimum absolute atomic E-state index is 0.204. The van der Waals surface area contributed by atoms with Crippen molar-refractivity contribution in [3.63, 3.8) is 0 Å². The average Bonchev–Trinajstić information content (AvgIpc) is 2.76. The average molecular weight is 434 g/mol. The molecule has 2 aromatic carbocycles. The van der Waals surface area contributed by atoms with Gasteiger partial charge in [-0.05, 0) is 52.9 Å². The summed E-state index contributed by atoms with van der Waals surface area (Å²) in [5.74, 6) is 0.271. The van der Waals surface area contributed by atoms with Crippen LogP contribution in [0.4, 0.5) is 5.69 Å². The maximum atomic E-state index is 13.2. The van der Waals surface area contributed by atoms with Crippen LogP contribution in [0.15, 0.2) is 59.5 Å². The lowest BCUT2D eigenvalue weighted by Gasteiger charge is -2.25. The first-order valence-corrected chi connectivity index (χ1v) is 10.6. The van der Waals surface area contributed by atoms with Crippen LogP contribution in [0.5, 0.6) is 5.75 Å². The van der Waals surface area contributed by atoms with E-state index in [1.54, 1.807) is 31.5 Å². The summed E-state index contributed by atoms with van der Waals surface area (Å²) in [6.07, 6.45) is 1.59. The van der Waals surface area contributed by atoms with Crippen molar-refractivity contribution in [3.05, 3.63) is 81.8 Å². The van der Waals surface area contributed by atoms with Gasteiger partial charge in [-0.3, -0.25) is 9.59 Å². The Kier molecular flexibility index (Phi) is 6.72. The molecule has 3 rings (SSSR count). The third kappa shape index (κ3) is 5.02. The van der Waals surface area contributed by atoms with E-state index >= 15 is 0 Å². The summed E-state index contributed by atoms with van der Waals surface area (Å²) < 4.78 is 5.69. The minimum Gasteiger partial charge on any atom is -0.496 e. The molecular formula is C26H31N3O3. The zero-order valence-electron chi connectivity index (χ0n) is 19.6. The highest BCUT2D eigenvalue weighted by atomic mass is 16.5. The van der Waals surface area contributed by atoms with Crippen LogP contribution in [-0.4, -0.2) is 32.1 Å². The molecule has 0 unspecified atom stereocenters. The van der Waals surface area contributed by atoms with E-state index in [2.05, 4.69) is 31.1 Å². The Hall–Kier alpha value is -3.54. The fraction of sp³-hybridized carbons (Fsp3) is 0.308. The van der Waals surface area contributed by atoms with Crippen LogP contribution in [0.25, 0.3) is 11.1 Å². The van der Waals surface area contributed by atoms with E-state index in [4.69, 9.17) is 4.74 Å². The number of methoxy groups -OCH3 is 1. The fourth-order valence-electron chi connectivity index (χ4n) is 3.57. The topological polar surface area (TPSA) is 74.4 Å². The van der Waals surface area contributed by atoms with Crippen molar-refractivity contribution >= 4 is 11.6 Å². The molecule has 0 bridgehead atoms. The number of anilines is 1. The van der Waals surface area contributed by atoms with E-state index in [1.807, 2.05) is 49.3 Å². The molecular weight excluding hydrogens is 402 g/mol. The standard InChI is InChI=1S/C26H31N3O3/c1-26(2,3)22-15-18(20-8-7-13-27-24(20)30)14-21(23(22)32-6)25(31)28-16-17-9-11-19(12-10-17)29(4)5/h7-15H,16H2,1-6H3,(H,27,30)(H,28,31). The lowest BCUT2D eigenvalue weighted by atomic mass is 9.83. The maximum Gasteiger partial charge on any atom is 0.255 e. The highest BCUT2D eigenvalue weighted by Gasteiger charge is 2.26. The molecule has 0 spiro atoms. The second-order valence-electron chi connectivity index (χ2n) is 9.01. The molecule has 0 aliphatic rings. The molecule has 0 aliphatic carbocycles. The normalized spacial score (nSPS) is 11.2. The molecule has 0 aliphatic heterocycles. The highest BCUT2D eigenvalue weighted by molar-refractivity contribution is 5.99. The minimum atomic E-state index is -0.292. The number of carbonyl (C=O) groups excluding carboxylic acids is 1. The van der Waals surface area contributed by atoms with Crippen molar-refractivity contribution in [3.8, 4) is 16.9 Å². The summed E-state index contributed by atoms with van der Waals surface area (Å²) in [4.78, 5) is 30.4. The fourth-order valence-corrected chi connectivity index (χ4v) is 3.57. The molecule has 32 heavy (non-hydrogen) atoms. The number of nitrogens with zero attached hydrogens (tertiary/aromatic N) is 1. The van der Waals surface area contributed by atoms with Crippen molar-refractivity contribution in [1.82, 2.24) is 10.3 Å². The van der Waals surface area contributed by atoms with Gasteiger partial charge >= 0.3 is 0 Å². The van der Waals surface area contributed by atoms with E-state index in [1.165, 1.54) is 0 Å². The molecule has 1 aromatic heterocycles. The van der Waals surface area contributed by atoms with Gasteiger partial charge in [0, 0.05) is 43.7 Å². The molecule has 6 heteroatoms. The monoisotopic (exact) mass is 433 g/mol. The van der Waals surface area contributed by atoms with Crippen LogP contribution >= 0.6 is 0 Å². The van der Waals surface area contributed by atoms with Crippen LogP contribution in [0.2, 0.25) is 0 Å². The van der Waals surface area contributed by atoms with Gasteiger partial charge < -0.3 is 19.9 Å². The second-order valence-corrected chi connectivity index (χ2v) is 9.01. The maximum absolute atomic E-state index is 13.2. The van der Waals surface area contributed by atoms with Gasteiger partial charge in [-0.1, -0.05) is 32.9 Å². The molecule has 2 N–H and O–H groups in total. The van der Waals surface area contributed by atoms with Gasteiger partial charge in [0.25, 0.3) is 11.5 Å². The Labute approximate surface area is 189 Å². The molecule has 1 heterocycles. The van der Waals surface area contributed by atoms with Crippen LogP contribution in [0.3, 0.4) is 0 Å². The van der Waals surface area contributed by atoms with Crippen molar-refractivity contribution in [1.29, 1.82) is 0 Å². The Morgan fingerprint density at radius 1 is 1.09 bits per heavy atom. The summed E-state index contributed by atoms with van der Waals surface area (Å²) >= 11 is 0. The zero-order chi connectivity index (χ0) is 23.5.